The van der Waals surface area contributed by atoms with E-state index in [1.54, 1.807) is 0 Å². The number of phosphoric acid groups is 1. The lowest BCUT2D eigenvalue weighted by Gasteiger charge is -2.20. The molecule has 3 N–H and O–H groups in total. The molecule has 0 saturated carbocycles. The van der Waals surface area contributed by atoms with E-state index in [0.29, 0.717) is 13.0 Å². The first kappa shape index (κ1) is 42.5. The average molecular weight is 636 g/mol. The molecule has 2 atom stereocenters. The summed E-state index contributed by atoms with van der Waals surface area (Å²) in [6, 6.07) is 0. The SMILES string of the molecule is CCCCCCCCCCCCCCCCCCOCC(COP(=O)(O)OCCN)OC(=O)CCCCCCCCCC. The van der Waals surface area contributed by atoms with E-state index in [-0.39, 0.29) is 32.3 Å². The van der Waals surface area contributed by atoms with E-state index in [4.69, 9.17) is 24.3 Å². The molecule has 0 aliphatic rings. The Bertz CT molecular complexity index is 638. The number of nitrogens with two attached hydrogens (primary N) is 1. The topological polar surface area (TPSA) is 117 Å². The number of phosphoric ester groups is 1. The Morgan fingerprint density at radius 2 is 1.02 bits per heavy atom. The molecule has 0 heterocycles. The third kappa shape index (κ3) is 32.7. The Labute approximate surface area is 265 Å². The Balaban J connectivity index is 3.99. The van der Waals surface area contributed by atoms with Crippen molar-refractivity contribution in [2.45, 2.75) is 180 Å². The van der Waals surface area contributed by atoms with Crippen molar-refractivity contribution < 1.29 is 32.8 Å². The van der Waals surface area contributed by atoms with Gasteiger partial charge in [-0.15, -0.1) is 0 Å². The maximum atomic E-state index is 12.4. The fraction of sp³-hybridized carbons (Fsp3) is 0.971. The van der Waals surface area contributed by atoms with Gasteiger partial charge in [0, 0.05) is 19.6 Å². The summed E-state index contributed by atoms with van der Waals surface area (Å²) in [5.41, 5.74) is 5.33. The molecule has 43 heavy (non-hydrogen) atoms. The molecule has 0 aliphatic heterocycles. The number of ether oxygens (including phenoxy) is 2. The standard InChI is InChI=1S/C34H70NO7P/c1-3-5-7-9-11-13-14-15-16-17-18-19-20-22-24-26-29-39-31-33(32-41-43(37,38)40-30-28-35)42-34(36)27-25-23-21-12-10-8-6-4-2/h33H,3-32,35H2,1-2H3,(H,37,38). The molecule has 0 saturated heterocycles. The molecule has 0 aromatic carbocycles. The fourth-order valence-electron chi connectivity index (χ4n) is 5.11. The van der Waals surface area contributed by atoms with Gasteiger partial charge in [0.25, 0.3) is 0 Å². The molecule has 258 valence electrons. The second kappa shape index (κ2) is 32.9. The Morgan fingerprint density at radius 1 is 0.605 bits per heavy atom. The molecule has 0 rings (SSSR count). The highest BCUT2D eigenvalue weighted by atomic mass is 31.2. The Kier molecular flexibility index (Phi) is 32.5. The molecule has 9 heteroatoms. The van der Waals surface area contributed by atoms with E-state index in [2.05, 4.69) is 13.8 Å². The summed E-state index contributed by atoms with van der Waals surface area (Å²) in [6.45, 7) is 4.92. The molecule has 0 aliphatic carbocycles. The van der Waals surface area contributed by atoms with E-state index >= 15 is 0 Å². The van der Waals surface area contributed by atoms with Crippen LogP contribution in [0.25, 0.3) is 0 Å². The number of unbranched alkanes of at least 4 members (excludes halogenated alkanes) is 22. The highest BCUT2D eigenvalue weighted by Crippen LogP contribution is 2.43. The van der Waals surface area contributed by atoms with Crippen molar-refractivity contribution >= 4 is 13.8 Å². The summed E-state index contributed by atoms with van der Waals surface area (Å²) in [7, 11) is -4.25. The van der Waals surface area contributed by atoms with Crippen LogP contribution in [0.15, 0.2) is 0 Å². The van der Waals surface area contributed by atoms with Crippen molar-refractivity contribution in [2.24, 2.45) is 5.73 Å². The lowest BCUT2D eigenvalue weighted by Crippen LogP contribution is -2.28. The molecule has 8 nitrogen and oxygen atoms in total. The van der Waals surface area contributed by atoms with Crippen LogP contribution in [0.3, 0.4) is 0 Å². The van der Waals surface area contributed by atoms with E-state index in [0.717, 1.165) is 32.1 Å². The van der Waals surface area contributed by atoms with E-state index < -0.39 is 13.9 Å². The van der Waals surface area contributed by atoms with Crippen molar-refractivity contribution in [1.29, 1.82) is 0 Å². The minimum Gasteiger partial charge on any atom is -0.457 e. The van der Waals surface area contributed by atoms with Crippen LogP contribution >= 0.6 is 7.82 Å². The largest absolute Gasteiger partial charge is 0.472 e. The molecule has 0 aromatic heterocycles. The quantitative estimate of drug-likeness (QED) is 0.0401. The smallest absolute Gasteiger partial charge is 0.457 e. The van der Waals surface area contributed by atoms with Gasteiger partial charge in [0.15, 0.2) is 0 Å². The minimum atomic E-state index is -4.25. The van der Waals surface area contributed by atoms with Crippen LogP contribution in [-0.2, 0) is 27.9 Å². The van der Waals surface area contributed by atoms with Crippen LogP contribution in [0.1, 0.15) is 174 Å². The van der Waals surface area contributed by atoms with Gasteiger partial charge in [-0.3, -0.25) is 13.8 Å². The summed E-state index contributed by atoms with van der Waals surface area (Å²) in [5, 5.41) is 0. The van der Waals surface area contributed by atoms with Gasteiger partial charge in [0.1, 0.15) is 6.10 Å². The first-order valence-corrected chi connectivity index (χ1v) is 19.5. The van der Waals surface area contributed by atoms with Crippen molar-refractivity contribution in [2.75, 3.05) is 33.0 Å². The number of hydrogen-bond acceptors (Lipinski definition) is 7. The van der Waals surface area contributed by atoms with Crippen LogP contribution in [0.5, 0.6) is 0 Å². The maximum absolute atomic E-state index is 12.4. The van der Waals surface area contributed by atoms with Crippen LogP contribution in [0.4, 0.5) is 0 Å². The summed E-state index contributed by atoms with van der Waals surface area (Å²) in [5.74, 6) is -0.332. The third-order valence-electron chi connectivity index (χ3n) is 7.77. The minimum absolute atomic E-state index is 0.0908. The average Bonchev–Trinajstić information content (AvgIpc) is 2.99. The molecule has 2 unspecified atom stereocenters. The van der Waals surface area contributed by atoms with Gasteiger partial charge in [0.05, 0.1) is 19.8 Å². The van der Waals surface area contributed by atoms with Crippen molar-refractivity contribution in [1.82, 2.24) is 0 Å². The van der Waals surface area contributed by atoms with Gasteiger partial charge in [-0.25, -0.2) is 4.57 Å². The Hall–Kier alpha value is -0.500. The molecule has 0 spiro atoms. The molecule has 0 bridgehead atoms. The van der Waals surface area contributed by atoms with E-state index in [9.17, 15) is 14.3 Å². The highest BCUT2D eigenvalue weighted by Gasteiger charge is 2.25. The third-order valence-corrected chi connectivity index (χ3v) is 8.76. The molecular weight excluding hydrogens is 565 g/mol. The predicted octanol–water partition coefficient (Wildman–Crippen LogP) is 9.80. The van der Waals surface area contributed by atoms with E-state index in [1.165, 1.54) is 122 Å². The number of hydrogen-bond donors (Lipinski definition) is 2. The zero-order valence-electron chi connectivity index (χ0n) is 28.2. The molecule has 0 radical (unpaired) electrons. The molecule has 0 amide bonds. The van der Waals surface area contributed by atoms with Crippen molar-refractivity contribution in [3.8, 4) is 0 Å². The van der Waals surface area contributed by atoms with Gasteiger partial charge >= 0.3 is 13.8 Å². The first-order chi connectivity index (χ1) is 20.9. The van der Waals surface area contributed by atoms with Gasteiger partial charge in [-0.2, -0.15) is 0 Å². The highest BCUT2D eigenvalue weighted by molar-refractivity contribution is 7.47. The Morgan fingerprint density at radius 3 is 1.47 bits per heavy atom. The van der Waals surface area contributed by atoms with Crippen LogP contribution in [0.2, 0.25) is 0 Å². The number of carbonyl (C=O) groups is 1. The van der Waals surface area contributed by atoms with Crippen LogP contribution in [-0.4, -0.2) is 49.9 Å². The molecule has 0 aromatic rings. The second-order valence-electron chi connectivity index (χ2n) is 12.1. The van der Waals surface area contributed by atoms with Crippen LogP contribution < -0.4 is 5.73 Å². The zero-order chi connectivity index (χ0) is 31.7. The van der Waals surface area contributed by atoms with Crippen LogP contribution in [0, 0.1) is 0 Å². The monoisotopic (exact) mass is 635 g/mol. The van der Waals surface area contributed by atoms with Gasteiger partial charge < -0.3 is 20.1 Å². The molecular formula is C34H70NO7P. The number of carbonyl (C=O) groups excluding carboxylic acids is 1. The van der Waals surface area contributed by atoms with Gasteiger partial charge in [-0.05, 0) is 12.8 Å². The van der Waals surface area contributed by atoms with E-state index in [1.807, 2.05) is 0 Å². The maximum Gasteiger partial charge on any atom is 0.472 e. The fourth-order valence-corrected chi connectivity index (χ4v) is 5.88. The summed E-state index contributed by atoms with van der Waals surface area (Å²) >= 11 is 0. The number of esters is 1. The first-order valence-electron chi connectivity index (χ1n) is 18.0. The van der Waals surface area contributed by atoms with Gasteiger partial charge in [-0.1, -0.05) is 155 Å². The van der Waals surface area contributed by atoms with Gasteiger partial charge in [0.2, 0.25) is 0 Å². The summed E-state index contributed by atoms with van der Waals surface area (Å²) in [4.78, 5) is 22.2. The lowest BCUT2D eigenvalue weighted by atomic mass is 10.0. The molecule has 0 fully saturated rings. The number of rotatable bonds is 35. The second-order valence-corrected chi connectivity index (χ2v) is 13.6. The summed E-state index contributed by atoms with van der Waals surface area (Å²) in [6.07, 6.45) is 29.8. The predicted molar refractivity (Wildman–Crippen MR) is 178 cm³/mol. The lowest BCUT2D eigenvalue weighted by molar-refractivity contribution is -0.154. The summed E-state index contributed by atoms with van der Waals surface area (Å²) < 4.78 is 33.2. The normalized spacial score (nSPS) is 13.7. The van der Waals surface area contributed by atoms with Crippen molar-refractivity contribution in [3.63, 3.8) is 0 Å². The zero-order valence-corrected chi connectivity index (χ0v) is 29.1. The van der Waals surface area contributed by atoms with Crippen molar-refractivity contribution in [3.05, 3.63) is 0 Å².